The largest absolute Gasteiger partial charge is 0.394 e. The number of rotatable bonds is 0. The zero-order valence-corrected chi connectivity index (χ0v) is 5.68. The van der Waals surface area contributed by atoms with Crippen molar-refractivity contribution in [2.45, 2.75) is 13.8 Å². The Morgan fingerprint density at radius 2 is 1.38 bits per heavy atom. The molecular formula is C4H6FeO3. The van der Waals surface area contributed by atoms with Gasteiger partial charge in [0, 0.05) is 30.9 Å². The summed E-state index contributed by atoms with van der Waals surface area (Å²) in [4.78, 5) is 19.6. The first-order valence-corrected chi connectivity index (χ1v) is 1.82. The number of esters is 2. The van der Waals surface area contributed by atoms with Crippen molar-refractivity contribution in [3.05, 3.63) is 0 Å². The maximum absolute atomic E-state index is 9.81. The van der Waals surface area contributed by atoms with E-state index in [0.29, 0.717) is 0 Å². The number of hydrogen-bond donors (Lipinski definition) is 0. The van der Waals surface area contributed by atoms with Crippen LogP contribution in [0.5, 0.6) is 0 Å². The van der Waals surface area contributed by atoms with Crippen molar-refractivity contribution in [1.29, 1.82) is 0 Å². The molecule has 0 atom stereocenters. The fourth-order valence-corrected chi connectivity index (χ4v) is 0.202. The van der Waals surface area contributed by atoms with Gasteiger partial charge in [-0.25, -0.2) is 0 Å². The SMILES string of the molecule is CC(=O)OC(C)=O.[Fe]. The summed E-state index contributed by atoms with van der Waals surface area (Å²) >= 11 is 0. The van der Waals surface area contributed by atoms with Gasteiger partial charge in [0.05, 0.1) is 0 Å². The summed E-state index contributed by atoms with van der Waals surface area (Å²) in [6, 6.07) is 0. The van der Waals surface area contributed by atoms with Crippen LogP contribution in [0.3, 0.4) is 0 Å². The Hall–Kier alpha value is -0.341. The molecule has 0 aliphatic heterocycles. The summed E-state index contributed by atoms with van der Waals surface area (Å²) in [5.41, 5.74) is 0. The van der Waals surface area contributed by atoms with E-state index in [2.05, 4.69) is 4.74 Å². The topological polar surface area (TPSA) is 43.4 Å². The number of carbonyl (C=O) groups is 2. The molecule has 0 saturated heterocycles. The van der Waals surface area contributed by atoms with Crippen LogP contribution in [-0.4, -0.2) is 11.9 Å². The van der Waals surface area contributed by atoms with E-state index in [1.807, 2.05) is 0 Å². The number of hydrogen-bond acceptors (Lipinski definition) is 3. The fourth-order valence-electron chi connectivity index (χ4n) is 0.202. The average Bonchev–Trinajstić information content (AvgIpc) is 1.27. The van der Waals surface area contributed by atoms with E-state index >= 15 is 0 Å². The van der Waals surface area contributed by atoms with Crippen LogP contribution in [0.4, 0.5) is 0 Å². The van der Waals surface area contributed by atoms with E-state index in [1.165, 1.54) is 13.8 Å². The average molecular weight is 158 g/mol. The van der Waals surface area contributed by atoms with Crippen LogP contribution >= 0.6 is 0 Å². The molecule has 0 unspecified atom stereocenters. The van der Waals surface area contributed by atoms with Crippen molar-refractivity contribution in [3.63, 3.8) is 0 Å². The molecule has 48 valence electrons. The monoisotopic (exact) mass is 158 g/mol. The Bertz CT molecular complexity index is 87.5. The normalized spacial score (nSPS) is 6.75. The van der Waals surface area contributed by atoms with Gasteiger partial charge in [0.15, 0.2) is 0 Å². The first kappa shape index (κ1) is 10.6. The molecule has 0 spiro atoms. The van der Waals surface area contributed by atoms with Gasteiger partial charge in [0.25, 0.3) is 0 Å². The fraction of sp³-hybridized carbons (Fsp3) is 0.500. The van der Waals surface area contributed by atoms with Gasteiger partial charge in [-0.1, -0.05) is 0 Å². The zero-order valence-electron chi connectivity index (χ0n) is 4.58. The summed E-state index contributed by atoms with van der Waals surface area (Å²) in [6.45, 7) is 2.36. The minimum absolute atomic E-state index is 0. The van der Waals surface area contributed by atoms with Crippen molar-refractivity contribution < 1.29 is 31.4 Å². The van der Waals surface area contributed by atoms with Crippen molar-refractivity contribution in [3.8, 4) is 0 Å². The van der Waals surface area contributed by atoms with Crippen LogP contribution in [0.1, 0.15) is 13.8 Å². The molecule has 0 aromatic rings. The molecule has 4 heteroatoms. The van der Waals surface area contributed by atoms with E-state index in [0.717, 1.165) is 0 Å². The van der Waals surface area contributed by atoms with Gasteiger partial charge >= 0.3 is 11.9 Å². The second-order valence-electron chi connectivity index (χ2n) is 1.09. The van der Waals surface area contributed by atoms with E-state index in [9.17, 15) is 9.59 Å². The molecule has 0 aromatic heterocycles. The van der Waals surface area contributed by atoms with Crippen molar-refractivity contribution >= 4 is 11.9 Å². The maximum atomic E-state index is 9.81. The Balaban J connectivity index is 0. The summed E-state index contributed by atoms with van der Waals surface area (Å²) in [5, 5.41) is 0. The molecule has 0 radical (unpaired) electrons. The minimum atomic E-state index is -0.562. The third kappa shape index (κ3) is 9.18. The molecule has 0 aliphatic carbocycles. The molecule has 0 aromatic carbocycles. The first-order valence-electron chi connectivity index (χ1n) is 1.82. The molecule has 0 heterocycles. The summed E-state index contributed by atoms with van der Waals surface area (Å²) in [6.07, 6.45) is 0. The van der Waals surface area contributed by atoms with Gasteiger partial charge in [-0.3, -0.25) is 9.59 Å². The molecule has 0 fully saturated rings. The van der Waals surface area contributed by atoms with Gasteiger partial charge in [-0.05, 0) is 0 Å². The van der Waals surface area contributed by atoms with E-state index in [4.69, 9.17) is 0 Å². The van der Waals surface area contributed by atoms with Crippen molar-refractivity contribution in [1.82, 2.24) is 0 Å². The van der Waals surface area contributed by atoms with Gasteiger partial charge in [-0.2, -0.15) is 0 Å². The summed E-state index contributed by atoms with van der Waals surface area (Å²) in [5.74, 6) is -1.12. The van der Waals surface area contributed by atoms with Crippen LogP contribution in [0.2, 0.25) is 0 Å². The molecule has 0 amide bonds. The Kier molecular flexibility index (Phi) is 6.38. The molecule has 3 nitrogen and oxygen atoms in total. The third-order valence-corrected chi connectivity index (χ3v) is 0.287. The number of ether oxygens (including phenoxy) is 1. The molecule has 0 aliphatic rings. The molecule has 0 rings (SSSR count). The summed E-state index contributed by atoms with van der Waals surface area (Å²) in [7, 11) is 0. The van der Waals surface area contributed by atoms with Crippen LogP contribution < -0.4 is 0 Å². The van der Waals surface area contributed by atoms with Crippen LogP contribution in [-0.2, 0) is 31.4 Å². The van der Waals surface area contributed by atoms with Crippen LogP contribution in [0.25, 0.3) is 0 Å². The van der Waals surface area contributed by atoms with E-state index in [1.54, 1.807) is 0 Å². The van der Waals surface area contributed by atoms with Crippen molar-refractivity contribution in [2.75, 3.05) is 0 Å². The minimum Gasteiger partial charge on any atom is -0.394 e. The van der Waals surface area contributed by atoms with E-state index < -0.39 is 11.9 Å². The Morgan fingerprint density at radius 3 is 1.38 bits per heavy atom. The number of carbonyl (C=O) groups excluding carboxylic acids is 2. The van der Waals surface area contributed by atoms with Crippen molar-refractivity contribution in [2.24, 2.45) is 0 Å². The summed E-state index contributed by atoms with van der Waals surface area (Å²) < 4.78 is 3.97. The first-order chi connectivity index (χ1) is 3.13. The van der Waals surface area contributed by atoms with Crippen LogP contribution in [0, 0.1) is 0 Å². The van der Waals surface area contributed by atoms with E-state index in [-0.39, 0.29) is 17.1 Å². The maximum Gasteiger partial charge on any atom is 0.310 e. The zero-order chi connectivity index (χ0) is 5.86. The van der Waals surface area contributed by atoms with Gasteiger partial charge in [0.2, 0.25) is 0 Å². The molecule has 0 N–H and O–H groups in total. The molecule has 0 saturated carbocycles. The quantitative estimate of drug-likeness (QED) is 0.285. The predicted octanol–water partition coefficient (Wildman–Crippen LogP) is 0.0935. The molecular weight excluding hydrogens is 152 g/mol. The third-order valence-electron chi connectivity index (χ3n) is 0.287. The van der Waals surface area contributed by atoms with Gasteiger partial charge in [-0.15, -0.1) is 0 Å². The Morgan fingerprint density at radius 1 is 1.12 bits per heavy atom. The smallest absolute Gasteiger partial charge is 0.310 e. The van der Waals surface area contributed by atoms with Gasteiger partial charge < -0.3 is 4.74 Å². The molecule has 0 bridgehead atoms. The predicted molar refractivity (Wildman–Crippen MR) is 22.4 cm³/mol. The van der Waals surface area contributed by atoms with Gasteiger partial charge in [0.1, 0.15) is 0 Å². The molecule has 8 heavy (non-hydrogen) atoms. The second-order valence-corrected chi connectivity index (χ2v) is 1.09. The second kappa shape index (κ2) is 4.81. The Labute approximate surface area is 57.9 Å². The standard InChI is InChI=1S/C4H6O3.Fe/c1-3(5)7-4(2)6;/h1-2H3;. The van der Waals surface area contributed by atoms with Crippen LogP contribution in [0.15, 0.2) is 0 Å².